The van der Waals surface area contributed by atoms with E-state index in [2.05, 4.69) is 0 Å². The number of rotatable bonds is 3. The van der Waals surface area contributed by atoms with Crippen LogP contribution in [0.3, 0.4) is 0 Å². The smallest absolute Gasteiger partial charge is 0.147 e. The Morgan fingerprint density at radius 3 is 3.06 bits per heavy atom. The maximum Gasteiger partial charge on any atom is 0.147 e. The highest BCUT2D eigenvalue weighted by Crippen LogP contribution is 2.24. The third kappa shape index (κ3) is 2.80. The molecular weight excluding hydrogens is 231 g/mol. The van der Waals surface area contributed by atoms with Crippen LogP contribution >= 0.6 is 0 Å². The van der Waals surface area contributed by atoms with Gasteiger partial charge in [-0.25, -0.2) is 4.39 Å². The highest BCUT2D eigenvalue weighted by atomic mass is 19.1. The van der Waals surface area contributed by atoms with E-state index in [1.807, 2.05) is 17.9 Å². The molecule has 1 saturated heterocycles. The second-order valence-electron chi connectivity index (χ2n) is 4.44. The Balaban J connectivity index is 2.13. The van der Waals surface area contributed by atoms with Gasteiger partial charge in [-0.3, -0.25) is 0 Å². The summed E-state index contributed by atoms with van der Waals surface area (Å²) in [6.45, 7) is 4.22. The summed E-state index contributed by atoms with van der Waals surface area (Å²) in [6.07, 6.45) is 2.21. The lowest BCUT2D eigenvalue weighted by Crippen LogP contribution is -2.40. The van der Waals surface area contributed by atoms with Gasteiger partial charge in [0.25, 0.3) is 0 Å². The molecule has 18 heavy (non-hydrogen) atoms. The van der Waals surface area contributed by atoms with Crippen molar-refractivity contribution in [2.75, 3.05) is 24.6 Å². The molecule has 1 aromatic rings. The number of hydrogen-bond acceptors (Lipinski definition) is 3. The van der Waals surface area contributed by atoms with E-state index in [1.54, 1.807) is 12.1 Å². The van der Waals surface area contributed by atoms with Gasteiger partial charge in [-0.15, -0.1) is 0 Å². The number of nitrogens with zero attached hydrogens (tertiary/aromatic N) is 2. The molecule has 1 aliphatic rings. The lowest BCUT2D eigenvalue weighted by Gasteiger charge is -2.34. The predicted octanol–water partition coefficient (Wildman–Crippen LogP) is 2.70. The van der Waals surface area contributed by atoms with E-state index in [1.165, 1.54) is 6.07 Å². The maximum absolute atomic E-state index is 13.9. The molecule has 0 saturated carbocycles. The zero-order valence-electron chi connectivity index (χ0n) is 10.5. The third-order valence-electron chi connectivity index (χ3n) is 3.20. The van der Waals surface area contributed by atoms with Crippen molar-refractivity contribution in [3.05, 3.63) is 29.6 Å². The van der Waals surface area contributed by atoms with Crippen molar-refractivity contribution < 1.29 is 9.13 Å². The van der Waals surface area contributed by atoms with Crippen molar-refractivity contribution in [2.45, 2.75) is 25.9 Å². The van der Waals surface area contributed by atoms with Crippen LogP contribution in [0.2, 0.25) is 0 Å². The van der Waals surface area contributed by atoms with E-state index in [0.717, 1.165) is 25.9 Å². The number of nitriles is 1. The predicted molar refractivity (Wildman–Crippen MR) is 68.0 cm³/mol. The van der Waals surface area contributed by atoms with Gasteiger partial charge in [0.2, 0.25) is 0 Å². The molecule has 4 heteroatoms. The minimum absolute atomic E-state index is 0.179. The molecule has 1 aromatic carbocycles. The SMILES string of the molecule is CCOC1CCCN(c2ccc(C#N)cc2F)C1. The first kappa shape index (κ1) is 12.8. The first-order chi connectivity index (χ1) is 8.74. The minimum atomic E-state index is -0.328. The maximum atomic E-state index is 13.9. The lowest BCUT2D eigenvalue weighted by molar-refractivity contribution is 0.0525. The molecule has 1 atom stereocenters. The second kappa shape index (κ2) is 5.83. The van der Waals surface area contributed by atoms with E-state index < -0.39 is 0 Å². The van der Waals surface area contributed by atoms with Crippen molar-refractivity contribution in [1.82, 2.24) is 0 Å². The van der Waals surface area contributed by atoms with Crippen molar-refractivity contribution in [3.63, 3.8) is 0 Å². The van der Waals surface area contributed by atoms with Gasteiger partial charge in [0, 0.05) is 19.7 Å². The molecule has 0 N–H and O–H groups in total. The highest BCUT2D eigenvalue weighted by molar-refractivity contribution is 5.51. The number of anilines is 1. The minimum Gasteiger partial charge on any atom is -0.377 e. The number of halogens is 1. The van der Waals surface area contributed by atoms with Gasteiger partial charge < -0.3 is 9.64 Å². The fourth-order valence-electron chi connectivity index (χ4n) is 2.36. The van der Waals surface area contributed by atoms with Gasteiger partial charge in [-0.1, -0.05) is 0 Å². The van der Waals surface area contributed by atoms with Crippen LogP contribution in [0, 0.1) is 17.1 Å². The average Bonchev–Trinajstić information content (AvgIpc) is 2.39. The summed E-state index contributed by atoms with van der Waals surface area (Å²) in [7, 11) is 0. The summed E-state index contributed by atoms with van der Waals surface area (Å²) in [5.74, 6) is -0.328. The van der Waals surface area contributed by atoms with Crippen LogP contribution in [0.1, 0.15) is 25.3 Å². The van der Waals surface area contributed by atoms with Gasteiger partial charge in [-0.05, 0) is 38.0 Å². The number of piperidine rings is 1. The number of ether oxygens (including phenoxy) is 1. The van der Waals surface area contributed by atoms with E-state index >= 15 is 0 Å². The molecule has 2 rings (SSSR count). The first-order valence-corrected chi connectivity index (χ1v) is 6.30. The molecule has 1 heterocycles. The van der Waals surface area contributed by atoms with Crippen LogP contribution < -0.4 is 4.90 Å². The first-order valence-electron chi connectivity index (χ1n) is 6.30. The molecule has 0 aliphatic carbocycles. The molecule has 0 amide bonds. The number of benzene rings is 1. The Bertz CT molecular complexity index is 454. The molecule has 96 valence electrons. The summed E-state index contributed by atoms with van der Waals surface area (Å²) in [4.78, 5) is 2.00. The van der Waals surface area contributed by atoms with Gasteiger partial charge in [0.05, 0.1) is 23.4 Å². The quantitative estimate of drug-likeness (QED) is 0.825. The third-order valence-corrected chi connectivity index (χ3v) is 3.20. The Labute approximate surface area is 107 Å². The standard InChI is InChI=1S/C14H17FN2O/c1-2-18-12-4-3-7-17(10-12)14-6-5-11(9-16)8-13(14)15/h5-6,8,12H,2-4,7,10H2,1H3. The fourth-order valence-corrected chi connectivity index (χ4v) is 2.36. The zero-order chi connectivity index (χ0) is 13.0. The van der Waals surface area contributed by atoms with Gasteiger partial charge in [0.1, 0.15) is 5.82 Å². The number of hydrogen-bond donors (Lipinski definition) is 0. The second-order valence-corrected chi connectivity index (χ2v) is 4.44. The molecule has 1 unspecified atom stereocenters. The van der Waals surface area contributed by atoms with Crippen LogP contribution in [-0.2, 0) is 4.74 Å². The summed E-state index contributed by atoms with van der Waals surface area (Å²) >= 11 is 0. The van der Waals surface area contributed by atoms with Crippen molar-refractivity contribution in [3.8, 4) is 6.07 Å². The molecule has 0 bridgehead atoms. The molecule has 0 aromatic heterocycles. The highest BCUT2D eigenvalue weighted by Gasteiger charge is 2.22. The summed E-state index contributed by atoms with van der Waals surface area (Å²) in [5.41, 5.74) is 0.924. The molecule has 3 nitrogen and oxygen atoms in total. The lowest BCUT2D eigenvalue weighted by atomic mass is 10.1. The normalized spacial score (nSPS) is 19.6. The topological polar surface area (TPSA) is 36.3 Å². The monoisotopic (exact) mass is 248 g/mol. The van der Waals surface area contributed by atoms with E-state index in [9.17, 15) is 4.39 Å². The van der Waals surface area contributed by atoms with Crippen LogP contribution in [-0.4, -0.2) is 25.8 Å². The van der Waals surface area contributed by atoms with Crippen LogP contribution in [0.25, 0.3) is 0 Å². The van der Waals surface area contributed by atoms with Crippen LogP contribution in [0.4, 0.5) is 10.1 Å². The molecule has 0 spiro atoms. The zero-order valence-corrected chi connectivity index (χ0v) is 10.5. The molecule has 0 radical (unpaired) electrons. The van der Waals surface area contributed by atoms with E-state index in [-0.39, 0.29) is 11.9 Å². The summed E-state index contributed by atoms with van der Waals surface area (Å²) < 4.78 is 19.5. The summed E-state index contributed by atoms with van der Waals surface area (Å²) in [5, 5.41) is 8.73. The van der Waals surface area contributed by atoms with Crippen molar-refractivity contribution in [1.29, 1.82) is 5.26 Å². The van der Waals surface area contributed by atoms with E-state index in [0.29, 0.717) is 17.9 Å². The van der Waals surface area contributed by atoms with Crippen LogP contribution in [0.15, 0.2) is 18.2 Å². The molecule has 1 aliphatic heterocycles. The molecule has 1 fully saturated rings. The van der Waals surface area contributed by atoms with Gasteiger partial charge in [-0.2, -0.15) is 5.26 Å². The Kier molecular flexibility index (Phi) is 4.16. The van der Waals surface area contributed by atoms with E-state index in [4.69, 9.17) is 10.00 Å². The van der Waals surface area contributed by atoms with Crippen molar-refractivity contribution >= 4 is 5.69 Å². The van der Waals surface area contributed by atoms with Crippen LogP contribution in [0.5, 0.6) is 0 Å². The van der Waals surface area contributed by atoms with Crippen molar-refractivity contribution in [2.24, 2.45) is 0 Å². The summed E-state index contributed by atoms with van der Waals surface area (Å²) in [6, 6.07) is 6.57. The molecular formula is C14H17FN2O. The largest absolute Gasteiger partial charge is 0.377 e. The fraction of sp³-hybridized carbons (Fsp3) is 0.500. The average molecular weight is 248 g/mol. The Morgan fingerprint density at radius 1 is 1.56 bits per heavy atom. The van der Waals surface area contributed by atoms with Gasteiger partial charge >= 0.3 is 0 Å². The van der Waals surface area contributed by atoms with Gasteiger partial charge in [0.15, 0.2) is 0 Å². The Morgan fingerprint density at radius 2 is 2.39 bits per heavy atom. The Hall–Kier alpha value is -1.60.